The molecule has 1 aromatic carbocycles. The summed E-state index contributed by atoms with van der Waals surface area (Å²) in [5, 5.41) is 4.01. The molecule has 7 heteroatoms. The van der Waals surface area contributed by atoms with Gasteiger partial charge in [0.25, 0.3) is 5.89 Å². The lowest BCUT2D eigenvalue weighted by atomic mass is 10.2. The molecule has 0 amide bonds. The summed E-state index contributed by atoms with van der Waals surface area (Å²) in [5.41, 5.74) is 5.94. The maximum absolute atomic E-state index is 13.0. The van der Waals surface area contributed by atoms with Crippen LogP contribution in [-0.2, 0) is 6.54 Å². The van der Waals surface area contributed by atoms with Gasteiger partial charge in [0.1, 0.15) is 11.6 Å². The highest BCUT2D eigenvalue weighted by Crippen LogP contribution is 2.28. The van der Waals surface area contributed by atoms with E-state index in [2.05, 4.69) is 10.1 Å². The van der Waals surface area contributed by atoms with Crippen molar-refractivity contribution in [2.75, 3.05) is 0 Å². The molecule has 3 rings (SSSR count). The Morgan fingerprint density at radius 2 is 2.10 bits per heavy atom. The van der Waals surface area contributed by atoms with Crippen LogP contribution in [0.1, 0.15) is 5.76 Å². The van der Waals surface area contributed by atoms with Crippen molar-refractivity contribution in [2.45, 2.75) is 6.54 Å². The Morgan fingerprint density at radius 1 is 1.25 bits per heavy atom. The van der Waals surface area contributed by atoms with Gasteiger partial charge in [0, 0.05) is 5.56 Å². The molecule has 2 aromatic heterocycles. The lowest BCUT2D eigenvalue weighted by Gasteiger charge is -1.97. The van der Waals surface area contributed by atoms with Gasteiger partial charge in [-0.3, -0.25) is 0 Å². The van der Waals surface area contributed by atoms with E-state index in [1.807, 2.05) is 0 Å². The van der Waals surface area contributed by atoms with E-state index in [0.717, 1.165) is 0 Å². The third kappa shape index (κ3) is 2.31. The predicted octanol–water partition coefficient (Wildman–Crippen LogP) is 3.25. The Morgan fingerprint density at radius 3 is 2.80 bits per heavy atom. The number of rotatable bonds is 3. The van der Waals surface area contributed by atoms with Crippen LogP contribution < -0.4 is 5.73 Å². The van der Waals surface area contributed by atoms with E-state index in [1.54, 1.807) is 12.1 Å². The van der Waals surface area contributed by atoms with Crippen LogP contribution in [0.15, 0.2) is 39.3 Å². The summed E-state index contributed by atoms with van der Waals surface area (Å²) >= 11 is 5.94. The normalized spacial score (nSPS) is 10.9. The van der Waals surface area contributed by atoms with Crippen molar-refractivity contribution in [2.24, 2.45) is 5.73 Å². The fourth-order valence-electron chi connectivity index (χ4n) is 1.71. The Labute approximate surface area is 118 Å². The summed E-state index contributed by atoms with van der Waals surface area (Å²) in [6.07, 6.45) is 0. The van der Waals surface area contributed by atoms with Gasteiger partial charge in [-0.25, -0.2) is 4.39 Å². The number of aromatic nitrogens is 2. The molecular weight excluding hydrogens is 285 g/mol. The number of halogens is 2. The standard InChI is InChI=1S/C13H9ClFN3O2/c14-10-5-7(15)1-3-9(10)12-17-13(20-18-12)11-4-2-8(6-16)19-11/h1-5H,6,16H2. The second kappa shape index (κ2) is 5.07. The maximum atomic E-state index is 13.0. The molecule has 2 heterocycles. The van der Waals surface area contributed by atoms with Crippen LogP contribution in [0, 0.1) is 5.82 Å². The molecule has 0 fully saturated rings. The van der Waals surface area contributed by atoms with Crippen molar-refractivity contribution >= 4 is 11.6 Å². The Bertz CT molecular complexity index is 754. The topological polar surface area (TPSA) is 78.1 Å². The number of nitrogens with two attached hydrogens (primary N) is 1. The van der Waals surface area contributed by atoms with Gasteiger partial charge < -0.3 is 14.7 Å². The third-order valence-corrected chi connectivity index (χ3v) is 2.98. The van der Waals surface area contributed by atoms with E-state index in [4.69, 9.17) is 26.3 Å². The first-order valence-electron chi connectivity index (χ1n) is 5.75. The molecule has 0 aliphatic carbocycles. The predicted molar refractivity (Wildman–Crippen MR) is 70.3 cm³/mol. The van der Waals surface area contributed by atoms with E-state index in [9.17, 15) is 4.39 Å². The van der Waals surface area contributed by atoms with E-state index >= 15 is 0 Å². The molecule has 2 N–H and O–H groups in total. The smallest absolute Gasteiger partial charge is 0.293 e. The number of benzene rings is 1. The minimum absolute atomic E-state index is 0.208. The molecule has 0 saturated heterocycles. The van der Waals surface area contributed by atoms with Crippen molar-refractivity contribution in [1.29, 1.82) is 0 Å². The van der Waals surface area contributed by atoms with Gasteiger partial charge in [-0.1, -0.05) is 16.8 Å². The molecule has 102 valence electrons. The Hall–Kier alpha value is -2.18. The SMILES string of the molecule is NCc1ccc(-c2nc(-c3ccc(F)cc3Cl)no2)o1. The molecule has 0 radical (unpaired) electrons. The summed E-state index contributed by atoms with van der Waals surface area (Å²) in [7, 11) is 0. The summed E-state index contributed by atoms with van der Waals surface area (Å²) < 4.78 is 23.5. The van der Waals surface area contributed by atoms with Crippen molar-refractivity contribution in [3.8, 4) is 23.0 Å². The highest BCUT2D eigenvalue weighted by atomic mass is 35.5. The van der Waals surface area contributed by atoms with Crippen molar-refractivity contribution in [1.82, 2.24) is 10.1 Å². The summed E-state index contributed by atoms with van der Waals surface area (Å²) in [6.45, 7) is 0.283. The quantitative estimate of drug-likeness (QED) is 0.802. The number of hydrogen-bond donors (Lipinski definition) is 1. The number of hydrogen-bond acceptors (Lipinski definition) is 5. The van der Waals surface area contributed by atoms with E-state index in [0.29, 0.717) is 17.1 Å². The highest BCUT2D eigenvalue weighted by molar-refractivity contribution is 6.33. The molecule has 20 heavy (non-hydrogen) atoms. The van der Waals surface area contributed by atoms with E-state index in [1.165, 1.54) is 18.2 Å². The van der Waals surface area contributed by atoms with Crippen molar-refractivity contribution < 1.29 is 13.3 Å². The Kier molecular flexibility index (Phi) is 3.25. The van der Waals surface area contributed by atoms with Gasteiger partial charge in [-0.15, -0.1) is 0 Å². The fraction of sp³-hybridized carbons (Fsp3) is 0.0769. The summed E-state index contributed by atoms with van der Waals surface area (Å²) in [6, 6.07) is 7.36. The highest BCUT2D eigenvalue weighted by Gasteiger charge is 2.16. The minimum Gasteiger partial charge on any atom is -0.455 e. The molecule has 0 unspecified atom stereocenters. The lowest BCUT2D eigenvalue weighted by Crippen LogP contribution is -1.92. The van der Waals surface area contributed by atoms with Gasteiger partial charge in [0.2, 0.25) is 5.82 Å². The second-order valence-corrected chi connectivity index (χ2v) is 4.42. The largest absolute Gasteiger partial charge is 0.455 e. The van der Waals surface area contributed by atoms with Crippen LogP contribution in [0.3, 0.4) is 0 Å². The molecule has 0 aliphatic heterocycles. The van der Waals surface area contributed by atoms with Crippen LogP contribution in [0.5, 0.6) is 0 Å². The average Bonchev–Trinajstić information content (AvgIpc) is 3.07. The van der Waals surface area contributed by atoms with Crippen LogP contribution in [0.25, 0.3) is 23.0 Å². The molecule has 0 atom stereocenters. The first kappa shape index (κ1) is 12.8. The van der Waals surface area contributed by atoms with Gasteiger partial charge >= 0.3 is 0 Å². The first-order valence-corrected chi connectivity index (χ1v) is 6.13. The van der Waals surface area contributed by atoms with E-state index in [-0.39, 0.29) is 23.3 Å². The van der Waals surface area contributed by atoms with Gasteiger partial charge in [-0.05, 0) is 30.3 Å². The molecule has 3 aromatic rings. The zero-order valence-electron chi connectivity index (χ0n) is 10.1. The first-order chi connectivity index (χ1) is 9.67. The van der Waals surface area contributed by atoms with Crippen LogP contribution in [-0.4, -0.2) is 10.1 Å². The van der Waals surface area contributed by atoms with Crippen molar-refractivity contribution in [3.63, 3.8) is 0 Å². The average molecular weight is 294 g/mol. The zero-order valence-corrected chi connectivity index (χ0v) is 10.9. The van der Waals surface area contributed by atoms with Gasteiger partial charge in [-0.2, -0.15) is 4.98 Å². The van der Waals surface area contributed by atoms with Crippen LogP contribution in [0.2, 0.25) is 5.02 Å². The molecule has 0 saturated carbocycles. The number of furan rings is 1. The maximum Gasteiger partial charge on any atom is 0.293 e. The minimum atomic E-state index is -0.430. The summed E-state index contributed by atoms with van der Waals surface area (Å²) in [5.74, 6) is 1.07. The van der Waals surface area contributed by atoms with Crippen molar-refractivity contribution in [3.05, 3.63) is 46.9 Å². The van der Waals surface area contributed by atoms with Gasteiger partial charge in [0.15, 0.2) is 5.76 Å². The van der Waals surface area contributed by atoms with Crippen LogP contribution >= 0.6 is 11.6 Å². The number of nitrogens with zero attached hydrogens (tertiary/aromatic N) is 2. The molecule has 0 bridgehead atoms. The Balaban J connectivity index is 1.97. The van der Waals surface area contributed by atoms with Gasteiger partial charge in [0.05, 0.1) is 11.6 Å². The molecule has 0 aliphatic rings. The molecular formula is C13H9ClFN3O2. The van der Waals surface area contributed by atoms with E-state index < -0.39 is 5.82 Å². The summed E-state index contributed by atoms with van der Waals surface area (Å²) in [4.78, 5) is 4.17. The zero-order chi connectivity index (χ0) is 14.1. The third-order valence-electron chi connectivity index (χ3n) is 2.67. The second-order valence-electron chi connectivity index (χ2n) is 4.02. The molecule has 5 nitrogen and oxygen atoms in total. The fourth-order valence-corrected chi connectivity index (χ4v) is 1.96. The van der Waals surface area contributed by atoms with Crippen LogP contribution in [0.4, 0.5) is 4.39 Å². The lowest BCUT2D eigenvalue weighted by molar-refractivity contribution is 0.412. The monoisotopic (exact) mass is 293 g/mol. The molecule has 0 spiro atoms.